The van der Waals surface area contributed by atoms with E-state index in [0.29, 0.717) is 0 Å². The van der Waals surface area contributed by atoms with Gasteiger partial charge in [0.25, 0.3) is 0 Å². The highest BCUT2D eigenvalue weighted by Gasteiger charge is 2.28. The van der Waals surface area contributed by atoms with Crippen molar-refractivity contribution in [1.82, 2.24) is 9.97 Å². The lowest BCUT2D eigenvalue weighted by molar-refractivity contribution is -0.146. The van der Waals surface area contributed by atoms with Crippen molar-refractivity contribution in [1.29, 1.82) is 0 Å². The molecule has 2 heterocycles. The fourth-order valence-electron chi connectivity index (χ4n) is 3.45. The summed E-state index contributed by atoms with van der Waals surface area (Å²) in [6, 6.07) is 0. The number of carbonyl (C=O) groups excluding carboxylic acids is 1. The fraction of sp³-hybridized carbons (Fsp3) is 0.688. The normalized spacial score (nSPS) is 19.8. The van der Waals surface area contributed by atoms with Gasteiger partial charge in [-0.1, -0.05) is 6.42 Å². The molecule has 3 rings (SSSR count). The second-order valence-electron chi connectivity index (χ2n) is 5.97. The van der Waals surface area contributed by atoms with Gasteiger partial charge in [-0.3, -0.25) is 4.79 Å². The van der Waals surface area contributed by atoms with Gasteiger partial charge in [-0.2, -0.15) is 0 Å². The maximum absolute atomic E-state index is 11.6. The Morgan fingerprint density at radius 2 is 1.95 bits per heavy atom. The number of methoxy groups -OCH3 is 1. The molecule has 1 aliphatic carbocycles. The largest absolute Gasteiger partial charge is 0.469 e. The standard InChI is InChI=1S/C16H23N3O2/c1-21-16(20)12-7-9-19(10-8-12)15-13-5-3-2-4-6-14(13)17-11-18-15/h11-12H,2-10H2,1H3. The number of fused-ring (bicyclic) bond motifs is 1. The molecule has 1 fully saturated rings. The number of carbonyl (C=O) groups is 1. The van der Waals surface area contributed by atoms with Gasteiger partial charge in [0.15, 0.2) is 0 Å². The van der Waals surface area contributed by atoms with Crippen LogP contribution in [0.1, 0.15) is 43.4 Å². The summed E-state index contributed by atoms with van der Waals surface area (Å²) in [7, 11) is 1.47. The number of ether oxygens (including phenoxy) is 1. The van der Waals surface area contributed by atoms with Crippen LogP contribution < -0.4 is 4.90 Å². The van der Waals surface area contributed by atoms with Crippen LogP contribution in [0.15, 0.2) is 6.33 Å². The smallest absolute Gasteiger partial charge is 0.308 e. The van der Waals surface area contributed by atoms with E-state index in [1.807, 2.05) is 0 Å². The van der Waals surface area contributed by atoms with E-state index in [-0.39, 0.29) is 11.9 Å². The Bertz CT molecular complexity index is 510. The van der Waals surface area contributed by atoms with Crippen molar-refractivity contribution in [2.45, 2.75) is 44.9 Å². The van der Waals surface area contributed by atoms with Gasteiger partial charge in [-0.25, -0.2) is 9.97 Å². The summed E-state index contributed by atoms with van der Waals surface area (Å²) >= 11 is 0. The van der Waals surface area contributed by atoms with Crippen LogP contribution in [0.25, 0.3) is 0 Å². The van der Waals surface area contributed by atoms with Gasteiger partial charge >= 0.3 is 5.97 Å². The minimum absolute atomic E-state index is 0.0479. The van der Waals surface area contributed by atoms with Crippen molar-refractivity contribution in [3.63, 3.8) is 0 Å². The van der Waals surface area contributed by atoms with E-state index in [9.17, 15) is 4.79 Å². The number of aromatic nitrogens is 2. The van der Waals surface area contributed by atoms with E-state index in [1.165, 1.54) is 37.6 Å². The van der Waals surface area contributed by atoms with Gasteiger partial charge < -0.3 is 9.64 Å². The first kappa shape index (κ1) is 14.3. The zero-order valence-corrected chi connectivity index (χ0v) is 12.7. The monoisotopic (exact) mass is 289 g/mol. The lowest BCUT2D eigenvalue weighted by Crippen LogP contribution is -2.37. The van der Waals surface area contributed by atoms with Crippen molar-refractivity contribution in [2.24, 2.45) is 5.92 Å². The summed E-state index contributed by atoms with van der Waals surface area (Å²) in [5.74, 6) is 1.08. The van der Waals surface area contributed by atoms with Crippen molar-refractivity contribution < 1.29 is 9.53 Å². The van der Waals surface area contributed by atoms with Crippen molar-refractivity contribution >= 4 is 11.8 Å². The van der Waals surface area contributed by atoms with Crippen LogP contribution in [-0.2, 0) is 22.4 Å². The molecule has 0 spiro atoms. The molecule has 5 heteroatoms. The van der Waals surface area contributed by atoms with Crippen molar-refractivity contribution in [3.8, 4) is 0 Å². The molecule has 1 aliphatic heterocycles. The van der Waals surface area contributed by atoms with Crippen LogP contribution in [0.2, 0.25) is 0 Å². The Kier molecular flexibility index (Phi) is 4.36. The van der Waals surface area contributed by atoms with E-state index < -0.39 is 0 Å². The quantitative estimate of drug-likeness (QED) is 0.616. The first-order valence-electron chi connectivity index (χ1n) is 7.95. The molecule has 0 atom stereocenters. The Morgan fingerprint density at radius 1 is 1.19 bits per heavy atom. The Balaban J connectivity index is 1.75. The first-order chi connectivity index (χ1) is 10.3. The molecular weight excluding hydrogens is 266 g/mol. The van der Waals surface area contributed by atoms with E-state index in [2.05, 4.69) is 14.9 Å². The number of esters is 1. The third kappa shape index (κ3) is 3.01. The molecule has 0 radical (unpaired) electrons. The van der Waals surface area contributed by atoms with Crippen LogP contribution in [0.3, 0.4) is 0 Å². The molecule has 0 saturated carbocycles. The molecule has 2 aliphatic rings. The summed E-state index contributed by atoms with van der Waals surface area (Å²) in [6.07, 6.45) is 9.30. The molecule has 1 saturated heterocycles. The summed E-state index contributed by atoms with van der Waals surface area (Å²) < 4.78 is 4.85. The molecule has 0 aromatic carbocycles. The highest BCUT2D eigenvalue weighted by Crippen LogP contribution is 2.29. The summed E-state index contributed by atoms with van der Waals surface area (Å²) in [5.41, 5.74) is 2.57. The number of rotatable bonds is 2. The Labute approximate surface area is 125 Å². The topological polar surface area (TPSA) is 55.3 Å². The fourth-order valence-corrected chi connectivity index (χ4v) is 3.45. The molecule has 0 bridgehead atoms. The highest BCUT2D eigenvalue weighted by molar-refractivity contribution is 5.72. The number of nitrogens with zero attached hydrogens (tertiary/aromatic N) is 3. The molecule has 1 aromatic rings. The van der Waals surface area contributed by atoms with Crippen LogP contribution in [-0.4, -0.2) is 36.1 Å². The highest BCUT2D eigenvalue weighted by atomic mass is 16.5. The molecule has 1 aromatic heterocycles. The molecule has 0 unspecified atom stereocenters. The lowest BCUT2D eigenvalue weighted by Gasteiger charge is -2.33. The van der Waals surface area contributed by atoms with Gasteiger partial charge in [-0.05, 0) is 38.5 Å². The van der Waals surface area contributed by atoms with Gasteiger partial charge in [0.05, 0.1) is 13.0 Å². The van der Waals surface area contributed by atoms with Crippen molar-refractivity contribution in [3.05, 3.63) is 17.6 Å². The number of hydrogen-bond acceptors (Lipinski definition) is 5. The van der Waals surface area contributed by atoms with Gasteiger partial charge in [0.1, 0.15) is 12.1 Å². The second kappa shape index (κ2) is 6.41. The third-order valence-electron chi connectivity index (χ3n) is 4.68. The third-order valence-corrected chi connectivity index (χ3v) is 4.68. The molecule has 0 amide bonds. The zero-order valence-electron chi connectivity index (χ0n) is 12.7. The summed E-state index contributed by atoms with van der Waals surface area (Å²) in [5, 5.41) is 0. The maximum atomic E-state index is 11.6. The summed E-state index contributed by atoms with van der Waals surface area (Å²) in [6.45, 7) is 1.76. The molecule has 0 N–H and O–H groups in total. The Hall–Kier alpha value is -1.65. The molecule has 114 valence electrons. The number of hydrogen-bond donors (Lipinski definition) is 0. The average Bonchev–Trinajstić information content (AvgIpc) is 2.79. The van der Waals surface area contributed by atoms with Crippen LogP contribution in [0.4, 0.5) is 5.82 Å². The number of piperidine rings is 1. The molecule has 5 nitrogen and oxygen atoms in total. The Morgan fingerprint density at radius 3 is 2.71 bits per heavy atom. The van der Waals surface area contributed by atoms with Crippen LogP contribution >= 0.6 is 0 Å². The summed E-state index contributed by atoms with van der Waals surface area (Å²) in [4.78, 5) is 23.0. The maximum Gasteiger partial charge on any atom is 0.308 e. The minimum Gasteiger partial charge on any atom is -0.469 e. The lowest BCUT2D eigenvalue weighted by atomic mass is 9.96. The molecular formula is C16H23N3O2. The van der Waals surface area contributed by atoms with E-state index in [1.54, 1.807) is 6.33 Å². The predicted molar refractivity (Wildman–Crippen MR) is 80.2 cm³/mol. The van der Waals surface area contributed by atoms with E-state index in [0.717, 1.165) is 44.6 Å². The van der Waals surface area contributed by atoms with Crippen molar-refractivity contribution in [2.75, 3.05) is 25.1 Å². The molecule has 21 heavy (non-hydrogen) atoms. The van der Waals surface area contributed by atoms with E-state index >= 15 is 0 Å². The number of anilines is 1. The number of aryl methyl sites for hydroxylation is 1. The zero-order chi connectivity index (χ0) is 14.7. The minimum atomic E-state index is -0.0730. The second-order valence-corrected chi connectivity index (χ2v) is 5.97. The van der Waals surface area contributed by atoms with Crippen LogP contribution in [0, 0.1) is 5.92 Å². The van der Waals surface area contributed by atoms with Gasteiger partial charge in [-0.15, -0.1) is 0 Å². The van der Waals surface area contributed by atoms with Crippen LogP contribution in [0.5, 0.6) is 0 Å². The van der Waals surface area contributed by atoms with Gasteiger partial charge in [0.2, 0.25) is 0 Å². The average molecular weight is 289 g/mol. The predicted octanol–water partition coefficient (Wildman–Crippen LogP) is 2.13. The van der Waals surface area contributed by atoms with E-state index in [4.69, 9.17) is 4.74 Å². The SMILES string of the molecule is COC(=O)C1CCN(c2ncnc3c2CCCCC3)CC1. The first-order valence-corrected chi connectivity index (χ1v) is 7.95. The van der Waals surface area contributed by atoms with Gasteiger partial charge in [0, 0.05) is 24.3 Å².